The van der Waals surface area contributed by atoms with Crippen molar-refractivity contribution in [2.24, 2.45) is 0 Å². The van der Waals surface area contributed by atoms with Gasteiger partial charge in [0.15, 0.2) is 5.54 Å². The van der Waals surface area contributed by atoms with Gasteiger partial charge in [0.1, 0.15) is 12.4 Å². The van der Waals surface area contributed by atoms with Crippen LogP contribution in [0.2, 0.25) is 10.0 Å². The number of nitrogens with zero attached hydrogens (tertiary/aromatic N) is 2. The van der Waals surface area contributed by atoms with Gasteiger partial charge in [-0.2, -0.15) is 0 Å². The molecule has 6 rings (SSSR count). The largest absolute Gasteiger partial charge is 0.489 e. The summed E-state index contributed by atoms with van der Waals surface area (Å²) in [5, 5.41) is 16.7. The van der Waals surface area contributed by atoms with E-state index in [2.05, 4.69) is 10.2 Å². The summed E-state index contributed by atoms with van der Waals surface area (Å²) in [6, 6.07) is 18.8. The summed E-state index contributed by atoms with van der Waals surface area (Å²) < 4.78 is 5.91. The maximum atomic E-state index is 13.5. The van der Waals surface area contributed by atoms with Gasteiger partial charge >= 0.3 is 0 Å². The standard InChI is InChI=1S/C27H23Cl2N3O4/c28-18-10-7-17(21(29)14-18)15-36-19-11-8-16(9-12-19)24-23-6-3-13-31(23)27(25(24)32(34)35)20-4-1-2-5-22(20)30-26(27)33/h1-2,4-5,7-12,14,23-25H,3,6,13,15H2,(H,30,33)/t23-,24-,25+,27-/m0/s1. The lowest BCUT2D eigenvalue weighted by atomic mass is 9.77. The van der Waals surface area contributed by atoms with Crippen LogP contribution in [0.1, 0.15) is 35.4 Å². The van der Waals surface area contributed by atoms with E-state index in [0.29, 0.717) is 33.6 Å². The minimum atomic E-state index is -1.31. The summed E-state index contributed by atoms with van der Waals surface area (Å²) in [4.78, 5) is 28.0. The summed E-state index contributed by atoms with van der Waals surface area (Å²) in [6.07, 6.45) is 1.70. The summed E-state index contributed by atoms with van der Waals surface area (Å²) in [7, 11) is 0. The van der Waals surface area contributed by atoms with Crippen LogP contribution in [0.15, 0.2) is 66.7 Å². The number of amides is 1. The number of ether oxygens (including phenoxy) is 1. The van der Waals surface area contributed by atoms with E-state index in [1.54, 1.807) is 12.1 Å². The molecule has 3 aromatic carbocycles. The van der Waals surface area contributed by atoms with Gasteiger partial charge in [0.25, 0.3) is 11.9 Å². The molecule has 0 aliphatic carbocycles. The molecule has 0 aromatic heterocycles. The zero-order valence-corrected chi connectivity index (χ0v) is 20.7. The van der Waals surface area contributed by atoms with Crippen molar-refractivity contribution in [3.05, 3.63) is 104 Å². The average Bonchev–Trinajstić information content (AvgIpc) is 3.52. The van der Waals surface area contributed by atoms with Crippen molar-refractivity contribution in [2.75, 3.05) is 11.9 Å². The number of nitro groups is 1. The molecule has 0 unspecified atom stereocenters. The molecule has 2 saturated heterocycles. The Labute approximate surface area is 218 Å². The average molecular weight is 524 g/mol. The van der Waals surface area contributed by atoms with Crippen LogP contribution in [0.5, 0.6) is 5.75 Å². The Bertz CT molecular complexity index is 1370. The molecule has 0 bridgehead atoms. The number of halogens is 2. The minimum Gasteiger partial charge on any atom is -0.489 e. The third kappa shape index (κ3) is 3.41. The molecule has 184 valence electrons. The number of para-hydroxylation sites is 1. The van der Waals surface area contributed by atoms with Gasteiger partial charge in [-0.25, -0.2) is 0 Å². The Hall–Kier alpha value is -3.13. The van der Waals surface area contributed by atoms with E-state index in [4.69, 9.17) is 27.9 Å². The topological polar surface area (TPSA) is 84.7 Å². The zero-order valence-electron chi connectivity index (χ0n) is 19.2. The lowest BCUT2D eigenvalue weighted by Gasteiger charge is -2.32. The highest BCUT2D eigenvalue weighted by atomic mass is 35.5. The monoisotopic (exact) mass is 523 g/mol. The van der Waals surface area contributed by atoms with Gasteiger partial charge in [0, 0.05) is 44.4 Å². The molecule has 0 radical (unpaired) electrons. The predicted molar refractivity (Wildman–Crippen MR) is 137 cm³/mol. The van der Waals surface area contributed by atoms with E-state index >= 15 is 0 Å². The second-order valence-electron chi connectivity index (χ2n) is 9.52. The summed E-state index contributed by atoms with van der Waals surface area (Å²) in [6.45, 7) is 0.920. The highest BCUT2D eigenvalue weighted by Crippen LogP contribution is 2.58. The number of anilines is 1. The molecule has 36 heavy (non-hydrogen) atoms. The highest BCUT2D eigenvalue weighted by Gasteiger charge is 2.73. The Kier molecular flexibility index (Phi) is 5.67. The molecule has 1 N–H and O–H groups in total. The molecular weight excluding hydrogens is 501 g/mol. The summed E-state index contributed by atoms with van der Waals surface area (Å²) >= 11 is 12.2. The fourth-order valence-corrected chi connectivity index (χ4v) is 6.82. The first-order chi connectivity index (χ1) is 17.4. The van der Waals surface area contributed by atoms with Gasteiger partial charge in [-0.05, 0) is 48.7 Å². The van der Waals surface area contributed by atoms with Crippen molar-refractivity contribution in [3.8, 4) is 5.75 Å². The number of hydrogen-bond donors (Lipinski definition) is 1. The van der Waals surface area contributed by atoms with Crippen LogP contribution in [0.3, 0.4) is 0 Å². The second-order valence-corrected chi connectivity index (χ2v) is 10.4. The van der Waals surface area contributed by atoms with Gasteiger partial charge in [0.05, 0.1) is 5.92 Å². The van der Waals surface area contributed by atoms with Crippen LogP contribution in [-0.2, 0) is 16.9 Å². The summed E-state index contributed by atoms with van der Waals surface area (Å²) in [5.74, 6) is -0.110. The molecule has 3 aliphatic rings. The van der Waals surface area contributed by atoms with Gasteiger partial charge in [-0.1, -0.05) is 59.6 Å². The second kappa shape index (κ2) is 8.76. The van der Waals surface area contributed by atoms with Crippen LogP contribution >= 0.6 is 23.2 Å². The first-order valence-electron chi connectivity index (χ1n) is 11.9. The van der Waals surface area contributed by atoms with E-state index < -0.39 is 17.5 Å². The maximum Gasteiger partial charge on any atom is 0.256 e. The quantitative estimate of drug-likeness (QED) is 0.346. The van der Waals surface area contributed by atoms with Crippen LogP contribution in [-0.4, -0.2) is 34.4 Å². The lowest BCUT2D eigenvalue weighted by molar-refractivity contribution is -0.534. The Balaban J connectivity index is 1.33. The van der Waals surface area contributed by atoms with E-state index in [0.717, 1.165) is 24.0 Å². The number of carbonyl (C=O) groups is 1. The Morgan fingerprint density at radius 1 is 1.11 bits per heavy atom. The van der Waals surface area contributed by atoms with Gasteiger partial charge in [-0.15, -0.1) is 0 Å². The first-order valence-corrected chi connectivity index (χ1v) is 12.6. The molecule has 3 aliphatic heterocycles. The minimum absolute atomic E-state index is 0.100. The number of carbonyl (C=O) groups excluding carboxylic acids is 1. The van der Waals surface area contributed by atoms with E-state index in [1.807, 2.05) is 54.6 Å². The fraction of sp³-hybridized carbons (Fsp3) is 0.296. The Morgan fingerprint density at radius 3 is 2.64 bits per heavy atom. The molecule has 1 spiro atoms. The van der Waals surface area contributed by atoms with Gasteiger partial charge in [-0.3, -0.25) is 19.8 Å². The van der Waals surface area contributed by atoms with Crippen molar-refractivity contribution >= 4 is 34.8 Å². The number of rotatable bonds is 5. The normalized spacial score (nSPS) is 26.6. The van der Waals surface area contributed by atoms with Crippen molar-refractivity contribution in [1.82, 2.24) is 4.90 Å². The van der Waals surface area contributed by atoms with Crippen molar-refractivity contribution in [2.45, 2.75) is 43.0 Å². The smallest absolute Gasteiger partial charge is 0.256 e. The van der Waals surface area contributed by atoms with E-state index in [1.165, 1.54) is 0 Å². The van der Waals surface area contributed by atoms with Crippen molar-refractivity contribution < 1.29 is 14.5 Å². The molecule has 3 heterocycles. The molecule has 9 heteroatoms. The van der Waals surface area contributed by atoms with Gasteiger partial charge in [0.2, 0.25) is 0 Å². The zero-order chi connectivity index (χ0) is 25.0. The maximum absolute atomic E-state index is 13.5. The number of benzene rings is 3. The van der Waals surface area contributed by atoms with Crippen LogP contribution < -0.4 is 10.1 Å². The van der Waals surface area contributed by atoms with E-state index in [-0.39, 0.29) is 23.5 Å². The van der Waals surface area contributed by atoms with Crippen LogP contribution in [0.4, 0.5) is 5.69 Å². The molecule has 0 saturated carbocycles. The molecule has 2 fully saturated rings. The molecule has 4 atom stereocenters. The van der Waals surface area contributed by atoms with Crippen LogP contribution in [0, 0.1) is 10.1 Å². The van der Waals surface area contributed by atoms with E-state index in [9.17, 15) is 14.9 Å². The number of fused-ring (bicyclic) bond motifs is 4. The lowest BCUT2D eigenvalue weighted by Crippen LogP contribution is -2.55. The number of nitrogens with one attached hydrogen (secondary N) is 1. The molecule has 7 nitrogen and oxygen atoms in total. The Morgan fingerprint density at radius 2 is 1.89 bits per heavy atom. The first kappa shape index (κ1) is 23.3. The highest BCUT2D eigenvalue weighted by molar-refractivity contribution is 6.35. The SMILES string of the molecule is O=C1Nc2ccccc2[C@]12[C@H]([N+](=O)[O-])[C@@H](c1ccc(OCc3ccc(Cl)cc3Cl)cc1)[C@@H]1CCCN12. The third-order valence-corrected chi connectivity index (χ3v) is 8.36. The van der Waals surface area contributed by atoms with Crippen molar-refractivity contribution in [1.29, 1.82) is 0 Å². The molecule has 1 amide bonds. The summed E-state index contributed by atoms with van der Waals surface area (Å²) in [5.41, 5.74) is 1.69. The van der Waals surface area contributed by atoms with Gasteiger partial charge < -0.3 is 10.1 Å². The van der Waals surface area contributed by atoms with Crippen LogP contribution in [0.25, 0.3) is 0 Å². The number of hydrogen-bond acceptors (Lipinski definition) is 5. The molecule has 3 aromatic rings. The third-order valence-electron chi connectivity index (χ3n) is 7.77. The fourth-order valence-electron chi connectivity index (χ4n) is 6.36. The molecular formula is C27H23Cl2N3O4. The predicted octanol–water partition coefficient (Wildman–Crippen LogP) is 5.63. The van der Waals surface area contributed by atoms with Crippen molar-refractivity contribution in [3.63, 3.8) is 0 Å².